The van der Waals surface area contributed by atoms with Crippen molar-refractivity contribution >= 4 is 15.7 Å². The maximum atomic E-state index is 12.0. The highest BCUT2D eigenvalue weighted by atomic mass is 32.2. The summed E-state index contributed by atoms with van der Waals surface area (Å²) in [4.78, 5) is 13.5. The smallest absolute Gasteiger partial charge is 0.239 e. The van der Waals surface area contributed by atoms with Gasteiger partial charge in [0.05, 0.1) is 24.3 Å². The lowest BCUT2D eigenvalue weighted by atomic mass is 10.1. The first-order valence-electron chi connectivity index (χ1n) is 5.79. The lowest BCUT2D eigenvalue weighted by Gasteiger charge is -2.28. The number of sulfone groups is 1. The van der Waals surface area contributed by atoms with Crippen LogP contribution < -0.4 is 5.73 Å². The number of hydrogen-bond donors (Lipinski definition) is 1. The van der Waals surface area contributed by atoms with Crippen LogP contribution in [-0.4, -0.2) is 49.9 Å². The quantitative estimate of drug-likeness (QED) is 0.698. The largest absolute Gasteiger partial charge is 0.338 e. The first-order valence-corrected chi connectivity index (χ1v) is 7.86. The van der Waals surface area contributed by atoms with Gasteiger partial charge in [-0.1, -0.05) is 0 Å². The Morgan fingerprint density at radius 3 is 2.39 bits per heavy atom. The molecule has 6 nitrogen and oxygen atoms in total. The predicted molar refractivity (Wildman–Crippen MR) is 69.4 cm³/mol. The third-order valence-electron chi connectivity index (χ3n) is 2.49. The van der Waals surface area contributed by atoms with Gasteiger partial charge in [-0.2, -0.15) is 5.26 Å². The van der Waals surface area contributed by atoms with E-state index in [9.17, 15) is 13.2 Å². The van der Waals surface area contributed by atoms with Crippen molar-refractivity contribution in [3.8, 4) is 6.07 Å². The van der Waals surface area contributed by atoms with Crippen molar-refractivity contribution in [3.05, 3.63) is 0 Å². The number of carbonyl (C=O) groups is 1. The summed E-state index contributed by atoms with van der Waals surface area (Å²) in [7, 11) is -3.12. The zero-order valence-corrected chi connectivity index (χ0v) is 11.9. The maximum absolute atomic E-state index is 12.0. The van der Waals surface area contributed by atoms with E-state index in [0.717, 1.165) is 6.26 Å². The molecule has 0 fully saturated rings. The summed E-state index contributed by atoms with van der Waals surface area (Å²) in [5.74, 6) is -0.409. The molecule has 0 spiro atoms. The Morgan fingerprint density at radius 1 is 1.44 bits per heavy atom. The van der Waals surface area contributed by atoms with Gasteiger partial charge in [-0.05, 0) is 20.3 Å². The third kappa shape index (κ3) is 6.57. The number of rotatable bonds is 7. The van der Waals surface area contributed by atoms with E-state index in [4.69, 9.17) is 11.0 Å². The first-order chi connectivity index (χ1) is 8.19. The first kappa shape index (κ1) is 16.9. The average Bonchev–Trinajstić information content (AvgIpc) is 2.24. The van der Waals surface area contributed by atoms with Crippen LogP contribution in [0.4, 0.5) is 0 Å². The summed E-state index contributed by atoms with van der Waals surface area (Å²) in [6, 6.07) is 1.08. The van der Waals surface area contributed by atoms with Crippen molar-refractivity contribution in [1.29, 1.82) is 5.26 Å². The van der Waals surface area contributed by atoms with Crippen molar-refractivity contribution in [2.75, 3.05) is 18.6 Å². The van der Waals surface area contributed by atoms with Crippen LogP contribution in [0, 0.1) is 11.3 Å². The van der Waals surface area contributed by atoms with E-state index < -0.39 is 15.9 Å². The molecular formula is C11H21N3O3S. The van der Waals surface area contributed by atoms with E-state index in [2.05, 4.69) is 0 Å². The molecular weight excluding hydrogens is 254 g/mol. The normalized spacial score (nSPS) is 13.1. The topological polar surface area (TPSA) is 104 Å². The van der Waals surface area contributed by atoms with Crippen LogP contribution >= 0.6 is 0 Å². The molecule has 0 aliphatic heterocycles. The van der Waals surface area contributed by atoms with Gasteiger partial charge in [0.1, 0.15) is 9.84 Å². The second-order valence-corrected chi connectivity index (χ2v) is 6.82. The monoisotopic (exact) mass is 275 g/mol. The SMILES string of the molecule is CC(C)N(CCC#N)C(=O)C(N)CCS(C)(=O)=O. The highest BCUT2D eigenvalue weighted by Gasteiger charge is 2.23. The number of nitrogens with zero attached hydrogens (tertiary/aromatic N) is 2. The average molecular weight is 275 g/mol. The highest BCUT2D eigenvalue weighted by Crippen LogP contribution is 2.05. The summed E-state index contributed by atoms with van der Waals surface area (Å²) in [5.41, 5.74) is 5.70. The molecule has 0 saturated heterocycles. The van der Waals surface area contributed by atoms with Crippen molar-refractivity contribution in [2.24, 2.45) is 5.73 Å². The summed E-state index contributed by atoms with van der Waals surface area (Å²) in [5, 5.41) is 8.53. The van der Waals surface area contributed by atoms with Crippen LogP contribution in [0.2, 0.25) is 0 Å². The summed E-state index contributed by atoms with van der Waals surface area (Å²) >= 11 is 0. The Kier molecular flexibility index (Phi) is 6.88. The molecule has 0 aliphatic rings. The van der Waals surface area contributed by atoms with E-state index in [1.807, 2.05) is 19.9 Å². The summed E-state index contributed by atoms with van der Waals surface area (Å²) in [6.45, 7) is 3.98. The van der Waals surface area contributed by atoms with Gasteiger partial charge in [-0.3, -0.25) is 4.79 Å². The van der Waals surface area contributed by atoms with E-state index in [1.54, 1.807) is 0 Å². The van der Waals surface area contributed by atoms with Gasteiger partial charge in [-0.15, -0.1) is 0 Å². The minimum Gasteiger partial charge on any atom is -0.338 e. The Bertz CT molecular complexity index is 412. The van der Waals surface area contributed by atoms with Crippen LogP contribution in [-0.2, 0) is 14.6 Å². The fourth-order valence-corrected chi connectivity index (χ4v) is 2.15. The second-order valence-electron chi connectivity index (χ2n) is 4.56. The maximum Gasteiger partial charge on any atom is 0.239 e. The molecule has 1 atom stereocenters. The minimum atomic E-state index is -3.12. The van der Waals surface area contributed by atoms with E-state index in [1.165, 1.54) is 4.90 Å². The van der Waals surface area contributed by atoms with Crippen molar-refractivity contribution < 1.29 is 13.2 Å². The van der Waals surface area contributed by atoms with Crippen LogP contribution in [0.5, 0.6) is 0 Å². The van der Waals surface area contributed by atoms with Gasteiger partial charge in [0.25, 0.3) is 0 Å². The van der Waals surface area contributed by atoms with Crippen molar-refractivity contribution in [3.63, 3.8) is 0 Å². The molecule has 1 amide bonds. The number of nitriles is 1. The van der Waals surface area contributed by atoms with Gasteiger partial charge in [0.2, 0.25) is 5.91 Å². The summed E-state index contributed by atoms with van der Waals surface area (Å²) in [6.07, 6.45) is 1.45. The Balaban J connectivity index is 4.52. The van der Waals surface area contributed by atoms with Crippen LogP contribution in [0.3, 0.4) is 0 Å². The molecule has 0 rings (SSSR count). The Labute approximate surface area is 109 Å². The van der Waals surface area contributed by atoms with Gasteiger partial charge >= 0.3 is 0 Å². The fourth-order valence-electron chi connectivity index (χ4n) is 1.47. The molecule has 0 aromatic rings. The lowest BCUT2D eigenvalue weighted by Crippen LogP contribution is -2.47. The molecule has 2 N–H and O–H groups in total. The zero-order valence-electron chi connectivity index (χ0n) is 11.1. The molecule has 0 aromatic carbocycles. The fraction of sp³-hybridized carbons (Fsp3) is 0.818. The molecule has 1 unspecified atom stereocenters. The molecule has 7 heteroatoms. The van der Waals surface area contributed by atoms with Crippen LogP contribution in [0.15, 0.2) is 0 Å². The molecule has 0 aliphatic carbocycles. The predicted octanol–water partition coefficient (Wildman–Crippen LogP) is -0.101. The van der Waals surface area contributed by atoms with Gasteiger partial charge in [-0.25, -0.2) is 8.42 Å². The standard InChI is InChI=1S/C11H21N3O3S/c1-9(2)14(7-4-6-12)11(15)10(13)5-8-18(3,16)17/h9-10H,4-5,7-8,13H2,1-3H3. The molecule has 18 heavy (non-hydrogen) atoms. The van der Waals surface area contributed by atoms with E-state index in [0.29, 0.717) is 6.54 Å². The van der Waals surface area contributed by atoms with Gasteiger partial charge < -0.3 is 10.6 Å². The van der Waals surface area contributed by atoms with Crippen LogP contribution in [0.1, 0.15) is 26.7 Å². The number of carbonyl (C=O) groups excluding carboxylic acids is 1. The third-order valence-corrected chi connectivity index (χ3v) is 3.47. The molecule has 0 radical (unpaired) electrons. The van der Waals surface area contributed by atoms with E-state index >= 15 is 0 Å². The molecule has 0 aromatic heterocycles. The van der Waals surface area contributed by atoms with Crippen molar-refractivity contribution in [1.82, 2.24) is 4.90 Å². The van der Waals surface area contributed by atoms with Crippen molar-refractivity contribution in [2.45, 2.75) is 38.8 Å². The number of amides is 1. The van der Waals surface area contributed by atoms with E-state index in [-0.39, 0.29) is 30.5 Å². The summed E-state index contributed by atoms with van der Waals surface area (Å²) < 4.78 is 22.0. The minimum absolute atomic E-state index is 0.0601. The van der Waals surface area contributed by atoms with Crippen LogP contribution in [0.25, 0.3) is 0 Å². The zero-order chi connectivity index (χ0) is 14.3. The van der Waals surface area contributed by atoms with Gasteiger partial charge in [0.15, 0.2) is 0 Å². The Hall–Kier alpha value is -1.13. The molecule has 0 bridgehead atoms. The highest BCUT2D eigenvalue weighted by molar-refractivity contribution is 7.90. The Morgan fingerprint density at radius 2 is 2.00 bits per heavy atom. The number of hydrogen-bond acceptors (Lipinski definition) is 5. The molecule has 0 heterocycles. The lowest BCUT2D eigenvalue weighted by molar-refractivity contribution is -0.134. The number of nitrogens with two attached hydrogens (primary N) is 1. The second kappa shape index (κ2) is 7.34. The molecule has 0 saturated carbocycles. The molecule has 104 valence electrons. The van der Waals surface area contributed by atoms with Gasteiger partial charge in [0, 0.05) is 18.8 Å².